The average molecular weight is 290 g/mol. The molecule has 6 heteroatoms. The molecule has 0 radical (unpaired) electrons. The molecular weight excluding hydrogens is 271 g/mol. The zero-order chi connectivity index (χ0) is 14.3. The smallest absolute Gasteiger partial charge is 0.165 e. The van der Waals surface area contributed by atoms with Crippen LogP contribution in [0, 0.1) is 5.82 Å². The predicted octanol–water partition coefficient (Wildman–Crippen LogP) is 1.91. The Morgan fingerprint density at radius 1 is 1.26 bits per heavy atom. The number of aliphatic hydroxyl groups is 1. The van der Waals surface area contributed by atoms with E-state index in [4.69, 9.17) is 9.84 Å². The van der Waals surface area contributed by atoms with E-state index in [1.54, 1.807) is 6.07 Å². The lowest BCUT2D eigenvalue weighted by molar-refractivity contribution is 0.284. The van der Waals surface area contributed by atoms with E-state index in [-0.39, 0.29) is 23.9 Å². The molecule has 0 saturated carbocycles. The Balaban J connectivity index is 2.60. The Morgan fingerprint density at radius 3 is 2.58 bits per heavy atom. The highest BCUT2D eigenvalue weighted by Crippen LogP contribution is 2.19. The molecule has 1 rings (SSSR count). The molecule has 1 aromatic carbocycles. The molecule has 1 aromatic rings. The van der Waals surface area contributed by atoms with Gasteiger partial charge in [0.1, 0.15) is 0 Å². The van der Waals surface area contributed by atoms with Gasteiger partial charge < -0.3 is 9.84 Å². The number of benzene rings is 1. The highest BCUT2D eigenvalue weighted by Gasteiger charge is 2.13. The molecule has 0 aliphatic heterocycles. The molecule has 0 aromatic heterocycles. The van der Waals surface area contributed by atoms with E-state index >= 15 is 0 Å². The Bertz CT molecular complexity index is 499. The third-order valence-electron chi connectivity index (χ3n) is 2.72. The van der Waals surface area contributed by atoms with E-state index in [0.29, 0.717) is 24.8 Å². The van der Waals surface area contributed by atoms with Crippen LogP contribution in [0.25, 0.3) is 0 Å². The molecule has 4 nitrogen and oxygen atoms in total. The van der Waals surface area contributed by atoms with Crippen LogP contribution < -0.4 is 4.74 Å². The molecule has 0 saturated heterocycles. The normalized spacial score (nSPS) is 11.5. The van der Waals surface area contributed by atoms with Crippen molar-refractivity contribution in [3.05, 3.63) is 29.6 Å². The van der Waals surface area contributed by atoms with E-state index < -0.39 is 15.7 Å². The van der Waals surface area contributed by atoms with Crippen molar-refractivity contribution in [3.63, 3.8) is 0 Å². The van der Waals surface area contributed by atoms with Gasteiger partial charge in [-0.15, -0.1) is 0 Å². The molecule has 0 atom stereocenters. The zero-order valence-electron chi connectivity index (χ0n) is 10.9. The Hall–Kier alpha value is -1.14. The second-order valence-corrected chi connectivity index (χ2v) is 6.53. The maximum absolute atomic E-state index is 13.4. The van der Waals surface area contributed by atoms with Crippen molar-refractivity contribution >= 4 is 9.84 Å². The number of aliphatic hydroxyl groups excluding tert-OH is 1. The van der Waals surface area contributed by atoms with Gasteiger partial charge in [-0.1, -0.05) is 12.5 Å². The van der Waals surface area contributed by atoms with E-state index in [1.807, 2.05) is 0 Å². The number of unbranched alkanes of at least 4 members (excludes halogenated alkanes) is 2. The minimum Gasteiger partial charge on any atom is -0.494 e. The van der Waals surface area contributed by atoms with Gasteiger partial charge in [0.15, 0.2) is 21.4 Å². The molecule has 0 aliphatic rings. The van der Waals surface area contributed by atoms with Gasteiger partial charge in [-0.2, -0.15) is 0 Å². The van der Waals surface area contributed by atoms with Crippen LogP contribution in [-0.4, -0.2) is 33.0 Å². The number of sulfone groups is 1. The predicted molar refractivity (Wildman–Crippen MR) is 71.4 cm³/mol. The monoisotopic (exact) mass is 290 g/mol. The Kier molecular flexibility index (Phi) is 6.24. The van der Waals surface area contributed by atoms with Crippen LogP contribution in [0.15, 0.2) is 18.2 Å². The molecule has 0 aliphatic carbocycles. The highest BCUT2D eigenvalue weighted by atomic mass is 32.2. The summed E-state index contributed by atoms with van der Waals surface area (Å²) in [7, 11) is -1.88. The van der Waals surface area contributed by atoms with Crippen LogP contribution >= 0.6 is 0 Å². The van der Waals surface area contributed by atoms with E-state index in [1.165, 1.54) is 19.2 Å². The van der Waals surface area contributed by atoms with Crippen molar-refractivity contribution in [3.8, 4) is 5.75 Å². The fourth-order valence-electron chi connectivity index (χ4n) is 1.74. The van der Waals surface area contributed by atoms with Crippen molar-refractivity contribution in [2.24, 2.45) is 0 Å². The van der Waals surface area contributed by atoms with Gasteiger partial charge in [-0.05, 0) is 30.5 Å². The number of hydrogen-bond donors (Lipinski definition) is 1. The van der Waals surface area contributed by atoms with Crippen LogP contribution in [0.4, 0.5) is 4.39 Å². The second-order valence-electron chi connectivity index (χ2n) is 4.35. The molecule has 0 amide bonds. The molecule has 0 bridgehead atoms. The Morgan fingerprint density at radius 2 is 2.00 bits per heavy atom. The number of halogens is 1. The van der Waals surface area contributed by atoms with Crippen molar-refractivity contribution in [1.29, 1.82) is 0 Å². The van der Waals surface area contributed by atoms with Crippen LogP contribution in [0.1, 0.15) is 24.8 Å². The van der Waals surface area contributed by atoms with Crippen LogP contribution in [-0.2, 0) is 15.6 Å². The molecule has 0 heterocycles. The number of hydrogen-bond acceptors (Lipinski definition) is 4. The minimum absolute atomic E-state index is 0.0562. The fourth-order valence-corrected chi connectivity index (χ4v) is 3.21. The largest absolute Gasteiger partial charge is 0.494 e. The summed E-state index contributed by atoms with van der Waals surface area (Å²) in [4.78, 5) is 0. The third-order valence-corrected chi connectivity index (χ3v) is 4.40. The van der Waals surface area contributed by atoms with Gasteiger partial charge in [0.2, 0.25) is 0 Å². The zero-order valence-corrected chi connectivity index (χ0v) is 11.7. The first-order chi connectivity index (χ1) is 8.98. The van der Waals surface area contributed by atoms with Crippen molar-refractivity contribution in [2.75, 3.05) is 19.5 Å². The summed E-state index contributed by atoms with van der Waals surface area (Å²) in [5.41, 5.74) is 0.417. The van der Waals surface area contributed by atoms with Crippen molar-refractivity contribution in [1.82, 2.24) is 0 Å². The van der Waals surface area contributed by atoms with Crippen molar-refractivity contribution < 1.29 is 22.7 Å². The summed E-state index contributed by atoms with van der Waals surface area (Å²) in [6.07, 6.45) is 1.79. The van der Waals surface area contributed by atoms with Gasteiger partial charge in [0.05, 0.1) is 18.6 Å². The summed E-state index contributed by atoms with van der Waals surface area (Å²) in [6, 6.07) is 4.16. The van der Waals surface area contributed by atoms with Gasteiger partial charge >= 0.3 is 0 Å². The first kappa shape index (κ1) is 15.9. The van der Waals surface area contributed by atoms with Gasteiger partial charge in [0.25, 0.3) is 0 Å². The lowest BCUT2D eigenvalue weighted by Crippen LogP contribution is -2.10. The first-order valence-corrected chi connectivity index (χ1v) is 7.94. The summed E-state index contributed by atoms with van der Waals surface area (Å²) in [6.45, 7) is 0.0732. The second kappa shape index (κ2) is 7.45. The van der Waals surface area contributed by atoms with Crippen LogP contribution in [0.3, 0.4) is 0 Å². The standard InChI is InChI=1S/C13H19FO4S/c1-18-13-6-5-11(9-12(13)14)10-19(16,17)8-4-2-3-7-15/h5-6,9,15H,2-4,7-8,10H2,1H3. The third kappa shape index (κ3) is 5.57. The molecule has 108 valence electrons. The van der Waals surface area contributed by atoms with Gasteiger partial charge in [-0.25, -0.2) is 12.8 Å². The summed E-state index contributed by atoms with van der Waals surface area (Å²) in [5.74, 6) is -0.576. The minimum atomic E-state index is -3.24. The van der Waals surface area contributed by atoms with Crippen molar-refractivity contribution in [2.45, 2.75) is 25.0 Å². The SMILES string of the molecule is COc1ccc(CS(=O)(=O)CCCCCO)cc1F. The fraction of sp³-hybridized carbons (Fsp3) is 0.538. The average Bonchev–Trinajstić information content (AvgIpc) is 2.34. The van der Waals surface area contributed by atoms with E-state index in [9.17, 15) is 12.8 Å². The van der Waals surface area contributed by atoms with Crippen LogP contribution in [0.5, 0.6) is 5.75 Å². The maximum Gasteiger partial charge on any atom is 0.165 e. The van der Waals surface area contributed by atoms with E-state index in [0.717, 1.165) is 0 Å². The van der Waals surface area contributed by atoms with Crippen LogP contribution in [0.2, 0.25) is 0 Å². The first-order valence-electron chi connectivity index (χ1n) is 6.12. The molecule has 0 unspecified atom stereocenters. The molecule has 0 spiro atoms. The maximum atomic E-state index is 13.4. The van der Waals surface area contributed by atoms with E-state index in [2.05, 4.69) is 0 Å². The highest BCUT2D eigenvalue weighted by molar-refractivity contribution is 7.90. The number of ether oxygens (including phenoxy) is 1. The number of methoxy groups -OCH3 is 1. The van der Waals surface area contributed by atoms with Gasteiger partial charge in [0, 0.05) is 6.61 Å². The molecule has 1 N–H and O–H groups in total. The molecular formula is C13H19FO4S. The quantitative estimate of drug-likeness (QED) is 0.743. The molecule has 0 fully saturated rings. The lowest BCUT2D eigenvalue weighted by Gasteiger charge is -2.06. The summed E-state index contributed by atoms with van der Waals surface area (Å²) >= 11 is 0. The topological polar surface area (TPSA) is 63.6 Å². The summed E-state index contributed by atoms with van der Waals surface area (Å²) in [5, 5.41) is 8.61. The lowest BCUT2D eigenvalue weighted by atomic mass is 10.2. The Labute approximate surface area is 113 Å². The number of rotatable bonds is 8. The van der Waals surface area contributed by atoms with Gasteiger partial charge in [-0.3, -0.25) is 0 Å². The summed E-state index contributed by atoms with van der Waals surface area (Å²) < 4.78 is 41.8. The molecule has 19 heavy (non-hydrogen) atoms.